The molecule has 0 saturated heterocycles. The Kier molecular flexibility index (Phi) is 9.71. The second-order valence-corrected chi connectivity index (χ2v) is 9.28. The molecule has 0 unspecified atom stereocenters. The highest BCUT2D eigenvalue weighted by Crippen LogP contribution is 2.37. The number of rotatable bonds is 9. The van der Waals surface area contributed by atoms with E-state index < -0.39 is 0 Å². The first-order valence-electron chi connectivity index (χ1n) is 12.2. The largest absolute Gasteiger partial charge is 0.378 e. The van der Waals surface area contributed by atoms with Gasteiger partial charge >= 0.3 is 0 Å². The smallest absolute Gasteiger partial charge is 0.0912 e. The van der Waals surface area contributed by atoms with E-state index >= 15 is 0 Å². The third-order valence-electron chi connectivity index (χ3n) is 7.23. The monoisotopic (exact) mass is 405 g/mol. The van der Waals surface area contributed by atoms with E-state index in [0.29, 0.717) is 6.10 Å². The van der Waals surface area contributed by atoms with Crippen LogP contribution in [0.5, 0.6) is 0 Å². The molecule has 0 spiro atoms. The van der Waals surface area contributed by atoms with Crippen LogP contribution in [0, 0.1) is 23.2 Å². The van der Waals surface area contributed by atoms with Crippen molar-refractivity contribution in [3.05, 3.63) is 59.7 Å². The lowest BCUT2D eigenvalue weighted by Crippen LogP contribution is -2.25. The van der Waals surface area contributed by atoms with E-state index in [-0.39, 0.29) is 0 Å². The second kappa shape index (κ2) is 12.8. The maximum absolute atomic E-state index is 8.47. The fraction of sp³-hybridized carbons (Fsp3) is 0.607. The molecule has 0 N–H and O–H groups in total. The van der Waals surface area contributed by atoms with E-state index in [1.54, 1.807) is 5.56 Å². The molecule has 2 aliphatic carbocycles. The normalized spacial score (nSPS) is 27.5. The number of nitrogens with zero attached hydrogens (tertiary/aromatic N) is 1. The predicted octanol–water partition coefficient (Wildman–Crippen LogP) is 7.51. The van der Waals surface area contributed by atoms with Gasteiger partial charge < -0.3 is 4.74 Å². The molecule has 30 heavy (non-hydrogen) atoms. The number of allylic oxidation sites excluding steroid dienone is 4. The molecule has 0 aromatic heterocycles. The van der Waals surface area contributed by atoms with Crippen LogP contribution in [0.1, 0.15) is 88.2 Å². The highest BCUT2D eigenvalue weighted by Gasteiger charge is 2.25. The SMILES string of the molecule is CCc1ccc(C2CCC(COC3CCC(CCC=CC=CC#N)CC3)CC2)cc1. The average Bonchev–Trinajstić information content (AvgIpc) is 2.81. The standard InChI is InChI=1S/C28H39NO/c1-2-23-9-15-26(16-10-23)27-17-11-25(12-18-27)22-30-28-19-13-24(14-20-28)8-6-4-3-5-7-21-29/h3-5,7,9-10,15-16,24-25,27-28H,2,6,8,11-14,17-20,22H2,1H3. The Hall–Kier alpha value is -1.85. The molecule has 2 aliphatic rings. The molecule has 162 valence electrons. The number of nitriles is 1. The Bertz CT molecular complexity index is 695. The molecule has 0 atom stereocenters. The molecule has 2 nitrogen and oxygen atoms in total. The van der Waals surface area contributed by atoms with Gasteiger partial charge in [0.15, 0.2) is 0 Å². The molecule has 0 bridgehead atoms. The van der Waals surface area contributed by atoms with E-state index in [4.69, 9.17) is 10.00 Å². The van der Waals surface area contributed by atoms with Crippen LogP contribution in [0.15, 0.2) is 48.6 Å². The van der Waals surface area contributed by atoms with Gasteiger partial charge in [-0.05, 0) is 99.5 Å². The van der Waals surface area contributed by atoms with Crippen molar-refractivity contribution < 1.29 is 4.74 Å². The molecule has 2 fully saturated rings. The number of hydrogen-bond acceptors (Lipinski definition) is 2. The van der Waals surface area contributed by atoms with Crippen molar-refractivity contribution in [1.29, 1.82) is 5.26 Å². The molecule has 1 aromatic carbocycles. The first-order chi connectivity index (χ1) is 14.8. The fourth-order valence-corrected chi connectivity index (χ4v) is 5.15. The number of aryl methyl sites for hydroxylation is 1. The average molecular weight is 406 g/mol. The third-order valence-corrected chi connectivity index (χ3v) is 7.23. The molecule has 1 aromatic rings. The van der Waals surface area contributed by atoms with Crippen LogP contribution in [-0.4, -0.2) is 12.7 Å². The van der Waals surface area contributed by atoms with Gasteiger partial charge in [-0.3, -0.25) is 0 Å². The van der Waals surface area contributed by atoms with Crippen LogP contribution < -0.4 is 0 Å². The van der Waals surface area contributed by atoms with Gasteiger partial charge in [0, 0.05) is 12.7 Å². The van der Waals surface area contributed by atoms with Gasteiger partial charge in [0.05, 0.1) is 12.2 Å². The molecule has 0 radical (unpaired) electrons. The summed E-state index contributed by atoms with van der Waals surface area (Å²) < 4.78 is 6.36. The van der Waals surface area contributed by atoms with Gasteiger partial charge in [-0.1, -0.05) is 49.4 Å². The summed E-state index contributed by atoms with van der Waals surface area (Å²) in [5.41, 5.74) is 2.99. The Labute approximate surface area is 184 Å². The van der Waals surface area contributed by atoms with E-state index in [0.717, 1.165) is 37.2 Å². The maximum atomic E-state index is 8.47. The van der Waals surface area contributed by atoms with Crippen LogP contribution >= 0.6 is 0 Å². The Morgan fingerprint density at radius 3 is 2.30 bits per heavy atom. The zero-order chi connectivity index (χ0) is 21.0. The minimum absolute atomic E-state index is 0.495. The maximum Gasteiger partial charge on any atom is 0.0912 e. The van der Waals surface area contributed by atoms with Crippen molar-refractivity contribution in [2.75, 3.05) is 6.61 Å². The van der Waals surface area contributed by atoms with Crippen LogP contribution in [0.4, 0.5) is 0 Å². The first-order valence-corrected chi connectivity index (χ1v) is 12.2. The van der Waals surface area contributed by atoms with Crippen LogP contribution in [0.25, 0.3) is 0 Å². The van der Waals surface area contributed by atoms with Gasteiger partial charge in [-0.15, -0.1) is 0 Å². The van der Waals surface area contributed by atoms with E-state index in [1.807, 2.05) is 18.2 Å². The van der Waals surface area contributed by atoms with E-state index in [2.05, 4.69) is 37.3 Å². The van der Waals surface area contributed by atoms with Gasteiger partial charge in [-0.25, -0.2) is 0 Å². The van der Waals surface area contributed by atoms with Crippen molar-refractivity contribution >= 4 is 0 Å². The Morgan fingerprint density at radius 2 is 1.63 bits per heavy atom. The summed E-state index contributed by atoms with van der Waals surface area (Å²) in [6.45, 7) is 3.20. The van der Waals surface area contributed by atoms with Crippen LogP contribution in [0.2, 0.25) is 0 Å². The number of hydrogen-bond donors (Lipinski definition) is 0. The second-order valence-electron chi connectivity index (χ2n) is 9.28. The molecular weight excluding hydrogens is 366 g/mol. The summed E-state index contributed by atoms with van der Waals surface area (Å²) in [6, 6.07) is 11.4. The van der Waals surface area contributed by atoms with Crippen molar-refractivity contribution in [2.24, 2.45) is 11.8 Å². The zero-order valence-electron chi connectivity index (χ0n) is 18.8. The van der Waals surface area contributed by atoms with Crippen molar-refractivity contribution in [3.8, 4) is 6.07 Å². The van der Waals surface area contributed by atoms with Crippen molar-refractivity contribution in [2.45, 2.75) is 89.6 Å². The summed E-state index contributed by atoms with van der Waals surface area (Å²) in [6.07, 6.45) is 21.9. The summed E-state index contributed by atoms with van der Waals surface area (Å²) in [5, 5.41) is 8.47. The van der Waals surface area contributed by atoms with Crippen molar-refractivity contribution in [3.63, 3.8) is 0 Å². The topological polar surface area (TPSA) is 33.0 Å². The lowest BCUT2D eigenvalue weighted by molar-refractivity contribution is -0.00824. The summed E-state index contributed by atoms with van der Waals surface area (Å²) in [4.78, 5) is 0. The quantitative estimate of drug-likeness (QED) is 0.314. The fourth-order valence-electron chi connectivity index (χ4n) is 5.15. The summed E-state index contributed by atoms with van der Waals surface area (Å²) >= 11 is 0. The minimum Gasteiger partial charge on any atom is -0.378 e. The number of benzene rings is 1. The summed E-state index contributed by atoms with van der Waals surface area (Å²) in [5.74, 6) is 2.37. The molecular formula is C28H39NO. The Morgan fingerprint density at radius 1 is 0.933 bits per heavy atom. The molecule has 3 rings (SSSR count). The Balaban J connectivity index is 1.28. The molecule has 0 aliphatic heterocycles. The van der Waals surface area contributed by atoms with Crippen LogP contribution in [0.3, 0.4) is 0 Å². The first kappa shape index (κ1) is 22.8. The third kappa shape index (κ3) is 7.44. The van der Waals surface area contributed by atoms with Crippen molar-refractivity contribution in [1.82, 2.24) is 0 Å². The van der Waals surface area contributed by atoms with Gasteiger partial charge in [-0.2, -0.15) is 5.26 Å². The lowest BCUT2D eigenvalue weighted by Gasteiger charge is -2.32. The highest BCUT2D eigenvalue weighted by atomic mass is 16.5. The zero-order valence-corrected chi connectivity index (χ0v) is 18.8. The van der Waals surface area contributed by atoms with Crippen LogP contribution in [-0.2, 0) is 11.2 Å². The summed E-state index contributed by atoms with van der Waals surface area (Å²) in [7, 11) is 0. The molecule has 2 saturated carbocycles. The van der Waals surface area contributed by atoms with Gasteiger partial charge in [0.2, 0.25) is 0 Å². The molecule has 0 amide bonds. The van der Waals surface area contributed by atoms with Gasteiger partial charge in [0.25, 0.3) is 0 Å². The molecule has 0 heterocycles. The van der Waals surface area contributed by atoms with E-state index in [9.17, 15) is 0 Å². The molecule has 2 heteroatoms. The minimum atomic E-state index is 0.495. The lowest BCUT2D eigenvalue weighted by atomic mass is 9.79. The highest BCUT2D eigenvalue weighted by molar-refractivity contribution is 5.25. The predicted molar refractivity (Wildman–Crippen MR) is 125 cm³/mol. The van der Waals surface area contributed by atoms with Gasteiger partial charge in [0.1, 0.15) is 0 Å². The van der Waals surface area contributed by atoms with E-state index in [1.165, 1.54) is 69.4 Å². The number of ether oxygens (including phenoxy) is 1.